The predicted octanol–water partition coefficient (Wildman–Crippen LogP) is 11.9. The van der Waals surface area contributed by atoms with E-state index in [0.29, 0.717) is 0 Å². The van der Waals surface area contributed by atoms with Crippen molar-refractivity contribution in [3.63, 3.8) is 0 Å². The molecule has 0 aliphatic carbocycles. The van der Waals surface area contributed by atoms with Crippen LogP contribution >= 0.6 is 0 Å². The van der Waals surface area contributed by atoms with Crippen molar-refractivity contribution >= 4 is 0 Å². The summed E-state index contributed by atoms with van der Waals surface area (Å²) in [5.41, 5.74) is 15.0. The zero-order chi connectivity index (χ0) is 33.1. The lowest BCUT2D eigenvalue weighted by molar-refractivity contribution is 0.353. The molecule has 1 heterocycles. The van der Waals surface area contributed by atoms with Crippen LogP contribution in [0.5, 0.6) is 0 Å². The molecule has 3 heteroatoms. The van der Waals surface area contributed by atoms with Crippen molar-refractivity contribution in [2.45, 2.75) is 79.6 Å². The Morgan fingerprint density at radius 3 is 1.51 bits per heavy atom. The van der Waals surface area contributed by atoms with Gasteiger partial charge in [0.1, 0.15) is 5.82 Å². The molecule has 5 aromatic carbocycles. The van der Waals surface area contributed by atoms with Gasteiger partial charge in [-0.05, 0) is 114 Å². The monoisotopic (exact) mass is 617 g/mol. The van der Waals surface area contributed by atoms with Gasteiger partial charge in [0.15, 0.2) is 5.82 Å². The number of hydrogen-bond acceptors (Lipinski definition) is 2. The normalized spacial score (nSPS) is 11.6. The first-order valence-electron chi connectivity index (χ1n) is 17.3. The molecule has 0 amide bonds. The third kappa shape index (κ3) is 5.63. The molecule has 0 fully saturated rings. The van der Waals surface area contributed by atoms with E-state index in [1.54, 1.807) is 0 Å². The molecule has 3 nitrogen and oxygen atoms in total. The maximum absolute atomic E-state index is 5.00. The number of aryl methyl sites for hydroxylation is 1. The molecule has 0 radical (unpaired) electrons. The Kier molecular flexibility index (Phi) is 9.27. The van der Waals surface area contributed by atoms with Gasteiger partial charge >= 0.3 is 0 Å². The highest BCUT2D eigenvalue weighted by molar-refractivity contribution is 5.92. The van der Waals surface area contributed by atoms with Crippen LogP contribution in [0.25, 0.3) is 50.5 Å². The summed E-state index contributed by atoms with van der Waals surface area (Å²) >= 11 is 0. The SMILES string of the molecule is CCc1ccccc1-n1c(-c2cccc(-c3c(C)c(-c4ccccc4)c(C)c(-c4ccccc4)c3C)c2)nnc1C(CC)(CC)CC. The lowest BCUT2D eigenvalue weighted by Crippen LogP contribution is -2.28. The lowest BCUT2D eigenvalue weighted by Gasteiger charge is -2.30. The van der Waals surface area contributed by atoms with Crippen LogP contribution in [0, 0.1) is 20.8 Å². The van der Waals surface area contributed by atoms with Crippen LogP contribution in [0.3, 0.4) is 0 Å². The standard InChI is InChI=1S/C44H47N3/c1-8-33-21-18-19-28-38(33)47-42(45-46-43(47)44(9-2,10-3)11-4)37-27-20-26-36(29-37)41-31(6)39(34-22-14-12-15-23-34)30(5)40(32(41)7)35-24-16-13-17-25-35/h12-29H,8-11H2,1-7H3. The Bertz CT molecular complexity index is 1920. The first-order valence-corrected chi connectivity index (χ1v) is 17.3. The predicted molar refractivity (Wildman–Crippen MR) is 199 cm³/mol. The fraction of sp³-hybridized carbons (Fsp3) is 0.273. The Hall–Kier alpha value is -4.76. The van der Waals surface area contributed by atoms with E-state index in [2.05, 4.69) is 162 Å². The first-order chi connectivity index (χ1) is 22.9. The molecule has 6 aromatic rings. The minimum absolute atomic E-state index is 0.0526. The second-order valence-electron chi connectivity index (χ2n) is 12.8. The highest BCUT2D eigenvalue weighted by Crippen LogP contribution is 2.45. The zero-order valence-electron chi connectivity index (χ0n) is 29.1. The summed E-state index contributed by atoms with van der Waals surface area (Å²) in [6.45, 7) is 15.9. The zero-order valence-corrected chi connectivity index (χ0v) is 29.1. The number of para-hydroxylation sites is 1. The largest absolute Gasteiger partial charge is 0.278 e. The molecule has 0 atom stereocenters. The van der Waals surface area contributed by atoms with Gasteiger partial charge in [0.05, 0.1) is 5.69 Å². The summed E-state index contributed by atoms with van der Waals surface area (Å²) in [5.74, 6) is 1.96. The molecule has 0 bridgehead atoms. The van der Waals surface area contributed by atoms with E-state index in [0.717, 1.165) is 42.9 Å². The average Bonchev–Trinajstić information content (AvgIpc) is 3.56. The van der Waals surface area contributed by atoms with Gasteiger partial charge < -0.3 is 0 Å². The molecular formula is C44H47N3. The summed E-state index contributed by atoms with van der Waals surface area (Å²) in [6, 6.07) is 39.4. The van der Waals surface area contributed by atoms with Gasteiger partial charge in [-0.25, -0.2) is 0 Å². The molecule has 6 rings (SSSR count). The van der Waals surface area contributed by atoms with Gasteiger partial charge in [-0.1, -0.05) is 125 Å². The van der Waals surface area contributed by atoms with E-state index in [1.807, 2.05) is 0 Å². The summed E-state index contributed by atoms with van der Waals surface area (Å²) in [4.78, 5) is 0. The quantitative estimate of drug-likeness (QED) is 0.153. The highest BCUT2D eigenvalue weighted by Gasteiger charge is 2.34. The van der Waals surface area contributed by atoms with Gasteiger partial charge in [0.25, 0.3) is 0 Å². The van der Waals surface area contributed by atoms with Crippen molar-refractivity contribution in [2.24, 2.45) is 0 Å². The third-order valence-electron chi connectivity index (χ3n) is 10.6. The van der Waals surface area contributed by atoms with Crippen molar-refractivity contribution in [3.05, 3.63) is 137 Å². The van der Waals surface area contributed by atoms with Crippen molar-refractivity contribution < 1.29 is 0 Å². The smallest absolute Gasteiger partial charge is 0.168 e. The second kappa shape index (κ2) is 13.5. The third-order valence-corrected chi connectivity index (χ3v) is 10.6. The Morgan fingerprint density at radius 1 is 0.511 bits per heavy atom. The van der Waals surface area contributed by atoms with Crippen LogP contribution in [0.2, 0.25) is 0 Å². The molecule has 0 aliphatic heterocycles. The van der Waals surface area contributed by atoms with Crippen LogP contribution in [-0.4, -0.2) is 14.8 Å². The fourth-order valence-corrected chi connectivity index (χ4v) is 7.84. The van der Waals surface area contributed by atoms with E-state index >= 15 is 0 Å². The summed E-state index contributed by atoms with van der Waals surface area (Å²) in [6.07, 6.45) is 3.98. The van der Waals surface area contributed by atoms with E-state index in [1.165, 1.54) is 61.3 Å². The Morgan fingerprint density at radius 2 is 0.979 bits per heavy atom. The average molecular weight is 618 g/mol. The number of rotatable bonds is 10. The van der Waals surface area contributed by atoms with Gasteiger partial charge in [0, 0.05) is 11.0 Å². The number of nitrogens with zero attached hydrogens (tertiary/aromatic N) is 3. The topological polar surface area (TPSA) is 30.7 Å². The molecule has 0 saturated heterocycles. The van der Waals surface area contributed by atoms with Gasteiger partial charge in [-0.3, -0.25) is 4.57 Å². The molecular weight excluding hydrogens is 571 g/mol. The van der Waals surface area contributed by atoms with Crippen molar-refractivity contribution in [1.29, 1.82) is 0 Å². The summed E-state index contributed by atoms with van der Waals surface area (Å²) in [7, 11) is 0. The van der Waals surface area contributed by atoms with Crippen LogP contribution in [0.1, 0.15) is 75.0 Å². The molecule has 0 aliphatic rings. The number of benzene rings is 5. The summed E-state index contributed by atoms with van der Waals surface area (Å²) in [5, 5.41) is 9.98. The number of aromatic nitrogens is 3. The van der Waals surface area contributed by atoms with Crippen LogP contribution in [-0.2, 0) is 11.8 Å². The van der Waals surface area contributed by atoms with Crippen molar-refractivity contribution in [2.75, 3.05) is 0 Å². The molecule has 0 saturated carbocycles. The van der Waals surface area contributed by atoms with Gasteiger partial charge in [-0.2, -0.15) is 0 Å². The molecule has 0 spiro atoms. The first kappa shape index (κ1) is 32.2. The lowest BCUT2D eigenvalue weighted by atomic mass is 9.78. The Labute approximate surface area is 281 Å². The Balaban J connectivity index is 1.63. The van der Waals surface area contributed by atoms with Crippen molar-refractivity contribution in [3.8, 4) is 50.5 Å². The maximum Gasteiger partial charge on any atom is 0.168 e. The highest BCUT2D eigenvalue weighted by atomic mass is 15.3. The molecule has 1 aromatic heterocycles. The van der Waals surface area contributed by atoms with Crippen LogP contribution in [0.4, 0.5) is 0 Å². The molecule has 238 valence electrons. The van der Waals surface area contributed by atoms with Gasteiger partial charge in [0.2, 0.25) is 0 Å². The molecule has 0 N–H and O–H groups in total. The minimum Gasteiger partial charge on any atom is -0.278 e. The van der Waals surface area contributed by atoms with E-state index in [-0.39, 0.29) is 5.41 Å². The maximum atomic E-state index is 5.00. The molecule has 0 unspecified atom stereocenters. The summed E-state index contributed by atoms with van der Waals surface area (Å²) < 4.78 is 2.37. The minimum atomic E-state index is -0.0526. The van der Waals surface area contributed by atoms with E-state index in [9.17, 15) is 0 Å². The second-order valence-corrected chi connectivity index (χ2v) is 12.8. The van der Waals surface area contributed by atoms with E-state index in [4.69, 9.17) is 10.2 Å². The van der Waals surface area contributed by atoms with Crippen LogP contribution < -0.4 is 0 Å². The molecule has 47 heavy (non-hydrogen) atoms. The number of hydrogen-bond donors (Lipinski definition) is 0. The van der Waals surface area contributed by atoms with Crippen LogP contribution in [0.15, 0.2) is 109 Å². The van der Waals surface area contributed by atoms with Gasteiger partial charge in [-0.15, -0.1) is 10.2 Å². The fourth-order valence-electron chi connectivity index (χ4n) is 7.84. The van der Waals surface area contributed by atoms with Crippen molar-refractivity contribution in [1.82, 2.24) is 14.8 Å². The van der Waals surface area contributed by atoms with E-state index < -0.39 is 0 Å².